The third kappa shape index (κ3) is 6.56. The summed E-state index contributed by atoms with van der Waals surface area (Å²) in [5.74, 6) is 1.05. The number of aliphatic imine (C=N–C) groups is 1. The highest BCUT2D eigenvalue weighted by Gasteiger charge is 2.27. The van der Waals surface area contributed by atoms with E-state index in [1.54, 1.807) is 7.05 Å². The number of hydrogen-bond acceptors (Lipinski definition) is 4. The van der Waals surface area contributed by atoms with E-state index in [0.717, 1.165) is 51.8 Å². The molecule has 0 bridgehead atoms. The number of ether oxygens (including phenoxy) is 1. The Morgan fingerprint density at radius 2 is 2.16 bits per heavy atom. The van der Waals surface area contributed by atoms with Crippen molar-refractivity contribution in [3.63, 3.8) is 0 Å². The SMILES string of the molecule is CCC(=O)N1CCC(NC(=NC)NCC(C)N2CCOCC2C)C1.I. The summed E-state index contributed by atoms with van der Waals surface area (Å²) in [6, 6.07) is 1.16. The van der Waals surface area contributed by atoms with Crippen LogP contribution in [0.2, 0.25) is 0 Å². The molecule has 2 aliphatic rings. The average molecular weight is 467 g/mol. The first-order valence-electron chi connectivity index (χ1n) is 9.13. The van der Waals surface area contributed by atoms with Crippen LogP contribution in [-0.2, 0) is 9.53 Å². The summed E-state index contributed by atoms with van der Waals surface area (Å²) in [5, 5.41) is 6.87. The highest BCUT2D eigenvalue weighted by molar-refractivity contribution is 14.0. The Kier molecular flexibility index (Phi) is 10.0. The summed E-state index contributed by atoms with van der Waals surface area (Å²) >= 11 is 0. The summed E-state index contributed by atoms with van der Waals surface area (Å²) in [5.41, 5.74) is 0. The molecule has 25 heavy (non-hydrogen) atoms. The van der Waals surface area contributed by atoms with E-state index in [1.807, 2.05) is 11.8 Å². The Labute approximate surface area is 169 Å². The lowest BCUT2D eigenvalue weighted by Gasteiger charge is -2.38. The van der Waals surface area contributed by atoms with Crippen LogP contribution < -0.4 is 10.6 Å². The van der Waals surface area contributed by atoms with Crippen molar-refractivity contribution in [2.45, 2.75) is 51.7 Å². The lowest BCUT2D eigenvalue weighted by molar-refractivity contribution is -0.129. The van der Waals surface area contributed by atoms with Crippen LogP contribution in [0.15, 0.2) is 4.99 Å². The van der Waals surface area contributed by atoms with E-state index in [-0.39, 0.29) is 35.9 Å². The van der Waals surface area contributed by atoms with E-state index in [2.05, 4.69) is 34.4 Å². The second kappa shape index (κ2) is 11.2. The number of amides is 1. The second-order valence-corrected chi connectivity index (χ2v) is 6.79. The lowest BCUT2D eigenvalue weighted by Crippen LogP contribution is -2.53. The fourth-order valence-electron chi connectivity index (χ4n) is 3.47. The second-order valence-electron chi connectivity index (χ2n) is 6.79. The fourth-order valence-corrected chi connectivity index (χ4v) is 3.47. The molecule has 0 saturated carbocycles. The van der Waals surface area contributed by atoms with Gasteiger partial charge in [-0.25, -0.2) is 0 Å². The Balaban J connectivity index is 0.00000312. The van der Waals surface area contributed by atoms with Gasteiger partial charge in [0.25, 0.3) is 0 Å². The van der Waals surface area contributed by atoms with Crippen LogP contribution in [0, 0.1) is 0 Å². The first kappa shape index (κ1) is 22.4. The number of halogens is 1. The zero-order chi connectivity index (χ0) is 17.5. The van der Waals surface area contributed by atoms with E-state index in [1.165, 1.54) is 0 Å². The first-order chi connectivity index (χ1) is 11.5. The van der Waals surface area contributed by atoms with E-state index in [9.17, 15) is 4.79 Å². The maximum absolute atomic E-state index is 11.8. The third-order valence-corrected chi connectivity index (χ3v) is 4.96. The molecule has 3 unspecified atom stereocenters. The van der Waals surface area contributed by atoms with Gasteiger partial charge in [0.05, 0.1) is 13.2 Å². The van der Waals surface area contributed by atoms with Gasteiger partial charge >= 0.3 is 0 Å². The number of nitrogens with one attached hydrogen (secondary N) is 2. The number of likely N-dealkylation sites (tertiary alicyclic amines) is 1. The Bertz CT molecular complexity index is 449. The maximum atomic E-state index is 11.8. The minimum Gasteiger partial charge on any atom is -0.379 e. The molecule has 1 amide bonds. The minimum absolute atomic E-state index is 0. The Morgan fingerprint density at radius 3 is 2.80 bits per heavy atom. The van der Waals surface area contributed by atoms with Crippen molar-refractivity contribution in [3.05, 3.63) is 0 Å². The molecule has 2 aliphatic heterocycles. The largest absolute Gasteiger partial charge is 0.379 e. The number of hydrogen-bond donors (Lipinski definition) is 2. The number of morpholine rings is 1. The van der Waals surface area contributed by atoms with E-state index < -0.39 is 0 Å². The molecule has 8 heteroatoms. The third-order valence-electron chi connectivity index (χ3n) is 4.96. The number of rotatable bonds is 5. The van der Waals surface area contributed by atoms with Gasteiger partial charge in [-0.3, -0.25) is 14.7 Å². The summed E-state index contributed by atoms with van der Waals surface area (Å²) in [4.78, 5) is 20.5. The molecular formula is C17H34IN5O2. The van der Waals surface area contributed by atoms with Gasteiger partial charge in [0, 0.05) is 57.8 Å². The number of nitrogens with zero attached hydrogens (tertiary/aromatic N) is 3. The van der Waals surface area contributed by atoms with Gasteiger partial charge in [0.15, 0.2) is 5.96 Å². The molecule has 3 atom stereocenters. The molecule has 7 nitrogen and oxygen atoms in total. The molecule has 2 rings (SSSR count). The molecule has 0 aromatic rings. The highest BCUT2D eigenvalue weighted by atomic mass is 127. The predicted octanol–water partition coefficient (Wildman–Crippen LogP) is 0.890. The lowest BCUT2D eigenvalue weighted by atomic mass is 10.2. The van der Waals surface area contributed by atoms with Crippen molar-refractivity contribution in [2.75, 3.05) is 46.4 Å². The normalized spacial score (nSPS) is 26.1. The van der Waals surface area contributed by atoms with Crippen LogP contribution >= 0.6 is 24.0 Å². The molecule has 0 aromatic carbocycles. The van der Waals surface area contributed by atoms with Crippen molar-refractivity contribution in [3.8, 4) is 0 Å². The van der Waals surface area contributed by atoms with Crippen LogP contribution in [-0.4, -0.2) is 86.2 Å². The van der Waals surface area contributed by atoms with Gasteiger partial charge in [-0.1, -0.05) is 6.92 Å². The zero-order valence-corrected chi connectivity index (χ0v) is 18.3. The molecule has 2 saturated heterocycles. The number of carbonyl (C=O) groups is 1. The highest BCUT2D eigenvalue weighted by Crippen LogP contribution is 2.11. The summed E-state index contributed by atoms with van der Waals surface area (Å²) in [6.07, 6.45) is 1.55. The van der Waals surface area contributed by atoms with Gasteiger partial charge in [0.1, 0.15) is 0 Å². The van der Waals surface area contributed by atoms with Crippen LogP contribution in [0.3, 0.4) is 0 Å². The Hall–Kier alpha value is -0.610. The average Bonchev–Trinajstić information content (AvgIpc) is 3.06. The Morgan fingerprint density at radius 1 is 1.40 bits per heavy atom. The molecule has 2 fully saturated rings. The summed E-state index contributed by atoms with van der Waals surface area (Å²) < 4.78 is 5.51. The van der Waals surface area contributed by atoms with Crippen LogP contribution in [0.5, 0.6) is 0 Å². The quantitative estimate of drug-likeness (QED) is 0.357. The molecule has 2 heterocycles. The molecule has 0 spiro atoms. The van der Waals surface area contributed by atoms with Crippen LogP contribution in [0.1, 0.15) is 33.6 Å². The monoisotopic (exact) mass is 467 g/mol. The van der Waals surface area contributed by atoms with E-state index >= 15 is 0 Å². The van der Waals surface area contributed by atoms with Gasteiger partial charge in [-0.2, -0.15) is 0 Å². The molecule has 0 radical (unpaired) electrons. The molecular weight excluding hydrogens is 433 g/mol. The van der Waals surface area contributed by atoms with E-state index in [4.69, 9.17) is 4.74 Å². The molecule has 2 N–H and O–H groups in total. The number of guanidine groups is 1. The zero-order valence-electron chi connectivity index (χ0n) is 16.0. The number of carbonyl (C=O) groups excluding carboxylic acids is 1. The predicted molar refractivity (Wildman–Crippen MR) is 112 cm³/mol. The van der Waals surface area contributed by atoms with Crippen molar-refractivity contribution in [1.29, 1.82) is 0 Å². The van der Waals surface area contributed by atoms with Gasteiger partial charge < -0.3 is 20.3 Å². The van der Waals surface area contributed by atoms with Gasteiger partial charge in [-0.15, -0.1) is 24.0 Å². The standard InChI is InChI=1S/C17H33N5O2.HI/c1-5-16(23)21-7-6-15(11-21)20-17(18-4)19-10-13(2)22-8-9-24-12-14(22)3;/h13-15H,5-12H2,1-4H3,(H2,18,19,20);1H. The minimum atomic E-state index is 0. The van der Waals surface area contributed by atoms with Gasteiger partial charge in [-0.05, 0) is 20.3 Å². The van der Waals surface area contributed by atoms with Crippen LogP contribution in [0.4, 0.5) is 0 Å². The topological polar surface area (TPSA) is 69.2 Å². The van der Waals surface area contributed by atoms with Crippen molar-refractivity contribution < 1.29 is 9.53 Å². The van der Waals surface area contributed by atoms with Crippen molar-refractivity contribution >= 4 is 35.8 Å². The molecule has 0 aliphatic carbocycles. The summed E-state index contributed by atoms with van der Waals surface area (Å²) in [7, 11) is 1.79. The summed E-state index contributed by atoms with van der Waals surface area (Å²) in [6.45, 7) is 11.4. The van der Waals surface area contributed by atoms with E-state index in [0.29, 0.717) is 18.5 Å². The van der Waals surface area contributed by atoms with Crippen molar-refractivity contribution in [1.82, 2.24) is 20.4 Å². The maximum Gasteiger partial charge on any atom is 0.222 e. The fraction of sp³-hybridized carbons (Fsp3) is 0.882. The van der Waals surface area contributed by atoms with Crippen LogP contribution in [0.25, 0.3) is 0 Å². The van der Waals surface area contributed by atoms with Crippen molar-refractivity contribution in [2.24, 2.45) is 4.99 Å². The van der Waals surface area contributed by atoms with Gasteiger partial charge in [0.2, 0.25) is 5.91 Å². The first-order valence-corrected chi connectivity index (χ1v) is 9.13. The molecule has 0 aromatic heterocycles. The smallest absolute Gasteiger partial charge is 0.222 e. The molecule has 146 valence electrons.